The van der Waals surface area contributed by atoms with Gasteiger partial charge < -0.3 is 14.5 Å². The minimum absolute atomic E-state index is 0.215. The molecule has 24 heavy (non-hydrogen) atoms. The molecular formula is C16H27N5O2S. The lowest BCUT2D eigenvalue weighted by atomic mass is 10.2. The number of anilines is 1. The molecule has 0 radical (unpaired) electrons. The van der Waals surface area contributed by atoms with Gasteiger partial charge in [0.05, 0.1) is 19.0 Å². The quantitative estimate of drug-likeness (QED) is 0.690. The van der Waals surface area contributed by atoms with Gasteiger partial charge in [-0.05, 0) is 18.8 Å². The smallest absolute Gasteiger partial charge is 0.233 e. The molecule has 2 aliphatic rings. The predicted molar refractivity (Wildman–Crippen MR) is 94.3 cm³/mol. The predicted octanol–water partition coefficient (Wildman–Crippen LogP) is 1.39. The van der Waals surface area contributed by atoms with Crippen molar-refractivity contribution in [2.45, 2.75) is 37.9 Å². The lowest BCUT2D eigenvalue weighted by Gasteiger charge is -2.27. The monoisotopic (exact) mass is 353 g/mol. The summed E-state index contributed by atoms with van der Waals surface area (Å²) in [5.41, 5.74) is 0. The summed E-state index contributed by atoms with van der Waals surface area (Å²) in [6, 6.07) is 0.462. The highest BCUT2D eigenvalue weighted by Crippen LogP contribution is 2.29. The van der Waals surface area contributed by atoms with Gasteiger partial charge in [0.15, 0.2) is 5.16 Å². The third-order valence-corrected chi connectivity index (χ3v) is 5.31. The van der Waals surface area contributed by atoms with Gasteiger partial charge in [-0.15, -0.1) is 10.2 Å². The second-order valence-corrected chi connectivity index (χ2v) is 7.84. The SMILES string of the molecule is CC(C)CN(C(=O)CSc1nnc(N2CCOCC2)n1C)C1CC1. The van der Waals surface area contributed by atoms with Crippen LogP contribution in [0.4, 0.5) is 5.95 Å². The molecule has 0 bridgehead atoms. The molecule has 0 unspecified atom stereocenters. The number of thioether (sulfide) groups is 1. The fraction of sp³-hybridized carbons (Fsp3) is 0.812. The number of morpholine rings is 1. The Labute approximate surface area is 147 Å². The molecule has 1 aromatic heterocycles. The van der Waals surface area contributed by atoms with Gasteiger partial charge in [0.25, 0.3) is 0 Å². The van der Waals surface area contributed by atoms with E-state index in [2.05, 4.69) is 33.8 Å². The van der Waals surface area contributed by atoms with E-state index in [0.717, 1.165) is 56.8 Å². The van der Waals surface area contributed by atoms with Crippen molar-refractivity contribution >= 4 is 23.6 Å². The first-order chi connectivity index (χ1) is 11.6. The highest BCUT2D eigenvalue weighted by Gasteiger charge is 2.32. The summed E-state index contributed by atoms with van der Waals surface area (Å²) < 4.78 is 7.36. The van der Waals surface area contributed by atoms with Crippen LogP contribution in [0.15, 0.2) is 5.16 Å². The highest BCUT2D eigenvalue weighted by atomic mass is 32.2. The van der Waals surface area contributed by atoms with Gasteiger partial charge in [-0.3, -0.25) is 9.36 Å². The molecule has 2 fully saturated rings. The van der Waals surface area contributed by atoms with Crippen LogP contribution in [-0.2, 0) is 16.6 Å². The first kappa shape index (κ1) is 17.5. The normalized spacial score (nSPS) is 18.2. The van der Waals surface area contributed by atoms with Gasteiger partial charge in [-0.25, -0.2) is 0 Å². The lowest BCUT2D eigenvalue weighted by Crippen LogP contribution is -2.38. The van der Waals surface area contributed by atoms with Crippen LogP contribution < -0.4 is 4.90 Å². The highest BCUT2D eigenvalue weighted by molar-refractivity contribution is 7.99. The minimum atomic E-state index is 0.215. The molecule has 1 aromatic rings. The summed E-state index contributed by atoms with van der Waals surface area (Å²) in [4.78, 5) is 16.8. The topological polar surface area (TPSA) is 63.5 Å². The van der Waals surface area contributed by atoms with E-state index >= 15 is 0 Å². The van der Waals surface area contributed by atoms with E-state index in [1.807, 2.05) is 11.6 Å². The fourth-order valence-electron chi connectivity index (χ4n) is 2.91. The number of amides is 1. The second kappa shape index (κ2) is 7.74. The first-order valence-corrected chi connectivity index (χ1v) is 9.69. The van der Waals surface area contributed by atoms with E-state index in [1.54, 1.807) is 0 Å². The first-order valence-electron chi connectivity index (χ1n) is 8.70. The van der Waals surface area contributed by atoms with E-state index in [9.17, 15) is 4.79 Å². The summed E-state index contributed by atoms with van der Waals surface area (Å²) in [5.74, 6) is 2.00. The molecule has 2 heterocycles. The Bertz CT molecular complexity index is 567. The zero-order valence-electron chi connectivity index (χ0n) is 14.8. The zero-order chi connectivity index (χ0) is 17.1. The van der Waals surface area contributed by atoms with Crippen LogP contribution in [-0.4, -0.2) is 70.2 Å². The average Bonchev–Trinajstić information content (AvgIpc) is 3.34. The standard InChI is InChI=1S/C16H27N5O2S/c1-12(2)10-21(13-4-5-13)14(22)11-24-16-18-17-15(19(16)3)20-6-8-23-9-7-20/h12-13H,4-11H2,1-3H3. The van der Waals surface area contributed by atoms with Crippen molar-refractivity contribution in [2.75, 3.05) is 43.5 Å². The van der Waals surface area contributed by atoms with Crippen LogP contribution in [0, 0.1) is 5.92 Å². The molecule has 1 saturated heterocycles. The van der Waals surface area contributed by atoms with Crippen molar-refractivity contribution < 1.29 is 9.53 Å². The molecule has 3 rings (SSSR count). The Hall–Kier alpha value is -1.28. The lowest BCUT2D eigenvalue weighted by molar-refractivity contribution is -0.129. The second-order valence-electron chi connectivity index (χ2n) is 6.90. The van der Waals surface area contributed by atoms with E-state index in [0.29, 0.717) is 17.7 Å². The number of aromatic nitrogens is 3. The Kier molecular flexibility index (Phi) is 5.65. The van der Waals surface area contributed by atoms with Crippen LogP contribution in [0.3, 0.4) is 0 Å². The molecule has 1 saturated carbocycles. The third-order valence-electron chi connectivity index (χ3n) is 4.30. The van der Waals surface area contributed by atoms with Gasteiger partial charge in [-0.1, -0.05) is 25.6 Å². The van der Waals surface area contributed by atoms with Gasteiger partial charge in [0.2, 0.25) is 11.9 Å². The van der Waals surface area contributed by atoms with Crippen molar-refractivity contribution in [3.8, 4) is 0 Å². The van der Waals surface area contributed by atoms with E-state index in [1.165, 1.54) is 11.8 Å². The fourth-order valence-corrected chi connectivity index (χ4v) is 3.71. The molecule has 7 nitrogen and oxygen atoms in total. The van der Waals surface area contributed by atoms with Crippen LogP contribution in [0.25, 0.3) is 0 Å². The number of rotatable bonds is 7. The number of hydrogen-bond acceptors (Lipinski definition) is 6. The van der Waals surface area contributed by atoms with Crippen molar-refractivity contribution in [3.63, 3.8) is 0 Å². The number of nitrogens with zero attached hydrogens (tertiary/aromatic N) is 5. The van der Waals surface area contributed by atoms with Gasteiger partial charge >= 0.3 is 0 Å². The van der Waals surface area contributed by atoms with Crippen molar-refractivity contribution in [1.29, 1.82) is 0 Å². The summed E-state index contributed by atoms with van der Waals surface area (Å²) >= 11 is 1.48. The molecule has 1 aliphatic carbocycles. The summed E-state index contributed by atoms with van der Waals surface area (Å²) in [5, 5.41) is 9.36. The largest absolute Gasteiger partial charge is 0.378 e. The van der Waals surface area contributed by atoms with E-state index < -0.39 is 0 Å². The Morgan fingerprint density at radius 1 is 1.33 bits per heavy atom. The Morgan fingerprint density at radius 3 is 2.67 bits per heavy atom. The number of carbonyl (C=O) groups excluding carboxylic acids is 1. The minimum Gasteiger partial charge on any atom is -0.378 e. The van der Waals surface area contributed by atoms with Crippen LogP contribution >= 0.6 is 11.8 Å². The van der Waals surface area contributed by atoms with Gasteiger partial charge in [0, 0.05) is 32.7 Å². The Balaban J connectivity index is 1.57. The maximum atomic E-state index is 12.6. The van der Waals surface area contributed by atoms with Crippen LogP contribution in [0.1, 0.15) is 26.7 Å². The maximum Gasteiger partial charge on any atom is 0.233 e. The van der Waals surface area contributed by atoms with Crippen molar-refractivity contribution in [1.82, 2.24) is 19.7 Å². The maximum absolute atomic E-state index is 12.6. The molecular weight excluding hydrogens is 326 g/mol. The molecule has 0 spiro atoms. The van der Waals surface area contributed by atoms with Crippen LogP contribution in [0.2, 0.25) is 0 Å². The molecule has 134 valence electrons. The molecule has 1 amide bonds. The average molecular weight is 353 g/mol. The molecule has 0 aromatic carbocycles. The molecule has 0 atom stereocenters. The zero-order valence-corrected chi connectivity index (χ0v) is 15.6. The van der Waals surface area contributed by atoms with E-state index in [-0.39, 0.29) is 5.91 Å². The number of carbonyl (C=O) groups is 1. The summed E-state index contributed by atoms with van der Waals surface area (Å²) in [6.45, 7) is 8.28. The summed E-state index contributed by atoms with van der Waals surface area (Å²) in [6.07, 6.45) is 2.29. The third kappa shape index (κ3) is 4.22. The molecule has 8 heteroatoms. The van der Waals surface area contributed by atoms with E-state index in [4.69, 9.17) is 4.74 Å². The van der Waals surface area contributed by atoms with Gasteiger partial charge in [0.1, 0.15) is 0 Å². The Morgan fingerprint density at radius 2 is 2.04 bits per heavy atom. The van der Waals surface area contributed by atoms with Crippen LogP contribution in [0.5, 0.6) is 0 Å². The van der Waals surface area contributed by atoms with Crippen molar-refractivity contribution in [3.05, 3.63) is 0 Å². The molecule has 0 N–H and O–H groups in total. The summed E-state index contributed by atoms with van der Waals surface area (Å²) in [7, 11) is 1.96. The molecule has 1 aliphatic heterocycles. The number of hydrogen-bond donors (Lipinski definition) is 0. The number of ether oxygens (including phenoxy) is 1. The van der Waals surface area contributed by atoms with Crippen molar-refractivity contribution in [2.24, 2.45) is 13.0 Å². The van der Waals surface area contributed by atoms with Gasteiger partial charge in [-0.2, -0.15) is 0 Å².